The van der Waals surface area contributed by atoms with Gasteiger partial charge in [-0.3, -0.25) is 0 Å². The van der Waals surface area contributed by atoms with E-state index in [1.165, 1.54) is 10.4 Å². The quantitative estimate of drug-likeness (QED) is 0.791. The molecule has 8 heteroatoms. The van der Waals surface area contributed by atoms with Crippen LogP contribution in [0.2, 0.25) is 0 Å². The first-order chi connectivity index (χ1) is 9.89. The van der Waals surface area contributed by atoms with Crippen molar-refractivity contribution < 1.29 is 12.8 Å². The molecular formula is C13H12BrFN2O2S2. The molecule has 0 aliphatic carbocycles. The van der Waals surface area contributed by atoms with Crippen LogP contribution in [0, 0.1) is 12.7 Å². The number of hydrogen-bond acceptors (Lipinski definition) is 4. The second kappa shape index (κ2) is 5.42. The molecule has 0 radical (unpaired) electrons. The van der Waals surface area contributed by atoms with Gasteiger partial charge in [0.1, 0.15) is 5.82 Å². The Morgan fingerprint density at radius 1 is 1.43 bits per heavy atom. The van der Waals surface area contributed by atoms with E-state index in [4.69, 9.17) is 0 Å². The summed E-state index contributed by atoms with van der Waals surface area (Å²) >= 11 is 4.39. The van der Waals surface area contributed by atoms with Crippen LogP contribution in [0.5, 0.6) is 0 Å². The first-order valence-electron chi connectivity index (χ1n) is 6.29. The van der Waals surface area contributed by atoms with Crippen LogP contribution in [0.25, 0.3) is 0 Å². The lowest BCUT2D eigenvalue weighted by atomic mass is 10.0. The molecule has 2 aromatic rings. The maximum Gasteiger partial charge on any atom is 0.270 e. The Labute approximate surface area is 134 Å². The topological polar surface area (TPSA) is 50.3 Å². The SMILES string of the molecule is Cc1nc(S(=O)(=O)N2CCc3c(F)cccc3C2)sc1Br. The molecule has 0 fully saturated rings. The molecule has 0 bridgehead atoms. The van der Waals surface area contributed by atoms with E-state index in [1.807, 2.05) is 0 Å². The van der Waals surface area contributed by atoms with Crippen LogP contribution in [0.3, 0.4) is 0 Å². The number of rotatable bonds is 2. The number of hydrogen-bond donors (Lipinski definition) is 0. The van der Waals surface area contributed by atoms with Gasteiger partial charge in [0.2, 0.25) is 4.34 Å². The fourth-order valence-electron chi connectivity index (χ4n) is 2.32. The summed E-state index contributed by atoms with van der Waals surface area (Å²) in [6.07, 6.45) is 0.382. The van der Waals surface area contributed by atoms with E-state index in [0.29, 0.717) is 21.5 Å². The van der Waals surface area contributed by atoms with Gasteiger partial charge in [0.05, 0.1) is 9.48 Å². The molecule has 4 nitrogen and oxygen atoms in total. The van der Waals surface area contributed by atoms with Crippen molar-refractivity contribution in [2.24, 2.45) is 0 Å². The number of benzene rings is 1. The fourth-order valence-corrected chi connectivity index (χ4v) is 5.82. The van der Waals surface area contributed by atoms with Gasteiger partial charge in [0.15, 0.2) is 0 Å². The summed E-state index contributed by atoms with van der Waals surface area (Å²) in [7, 11) is -3.63. The number of aromatic nitrogens is 1. The van der Waals surface area contributed by atoms with Crippen molar-refractivity contribution in [2.75, 3.05) is 6.54 Å². The van der Waals surface area contributed by atoms with Crippen LogP contribution in [0.15, 0.2) is 26.3 Å². The van der Waals surface area contributed by atoms with E-state index in [9.17, 15) is 12.8 Å². The summed E-state index contributed by atoms with van der Waals surface area (Å²) in [5.41, 5.74) is 1.99. The number of thiazole rings is 1. The van der Waals surface area contributed by atoms with Crippen molar-refractivity contribution in [2.45, 2.75) is 24.2 Å². The summed E-state index contributed by atoms with van der Waals surface area (Å²) in [5.74, 6) is -0.266. The van der Waals surface area contributed by atoms with Gasteiger partial charge in [-0.05, 0) is 46.5 Å². The van der Waals surface area contributed by atoms with Gasteiger partial charge >= 0.3 is 0 Å². The van der Waals surface area contributed by atoms with Crippen molar-refractivity contribution in [1.29, 1.82) is 0 Å². The van der Waals surface area contributed by atoms with E-state index in [1.54, 1.807) is 19.1 Å². The zero-order valence-corrected chi connectivity index (χ0v) is 14.4. The highest BCUT2D eigenvalue weighted by Crippen LogP contribution is 2.31. The maximum atomic E-state index is 13.7. The highest BCUT2D eigenvalue weighted by Gasteiger charge is 2.32. The first kappa shape index (κ1) is 15.1. The molecule has 3 rings (SSSR count). The number of sulfonamides is 1. The summed E-state index contributed by atoms with van der Waals surface area (Å²) in [4.78, 5) is 4.10. The monoisotopic (exact) mass is 390 g/mol. The Morgan fingerprint density at radius 3 is 2.86 bits per heavy atom. The lowest BCUT2D eigenvalue weighted by Crippen LogP contribution is -2.36. The van der Waals surface area contributed by atoms with Crippen LogP contribution in [-0.2, 0) is 23.0 Å². The minimum Gasteiger partial charge on any atom is -0.228 e. The summed E-state index contributed by atoms with van der Waals surface area (Å²) in [6.45, 7) is 2.21. The second-order valence-corrected chi connectivity index (χ2v) is 9.23. The predicted octanol–water partition coefficient (Wildman–Crippen LogP) is 3.10. The van der Waals surface area contributed by atoms with Crippen molar-refractivity contribution in [3.05, 3.63) is 44.6 Å². The zero-order chi connectivity index (χ0) is 15.2. The van der Waals surface area contributed by atoms with Crippen LogP contribution < -0.4 is 0 Å². The van der Waals surface area contributed by atoms with Crippen LogP contribution in [-0.4, -0.2) is 24.3 Å². The average Bonchev–Trinajstić information content (AvgIpc) is 2.79. The summed E-state index contributed by atoms with van der Waals surface area (Å²) in [5, 5.41) is 0. The first-order valence-corrected chi connectivity index (χ1v) is 9.34. The van der Waals surface area contributed by atoms with Crippen molar-refractivity contribution in [3.63, 3.8) is 0 Å². The predicted molar refractivity (Wildman–Crippen MR) is 82.3 cm³/mol. The smallest absolute Gasteiger partial charge is 0.228 e. The molecule has 1 aliphatic rings. The van der Waals surface area contributed by atoms with Crippen LogP contribution in [0.1, 0.15) is 16.8 Å². The fraction of sp³-hybridized carbons (Fsp3) is 0.308. The van der Waals surface area contributed by atoms with Gasteiger partial charge in [-0.25, -0.2) is 17.8 Å². The molecule has 0 spiro atoms. The normalized spacial score (nSPS) is 16.0. The van der Waals surface area contributed by atoms with Gasteiger partial charge in [-0.15, -0.1) is 0 Å². The summed E-state index contributed by atoms with van der Waals surface area (Å²) < 4.78 is 41.1. The minimum atomic E-state index is -3.63. The molecular weight excluding hydrogens is 379 g/mol. The van der Waals surface area contributed by atoms with Gasteiger partial charge in [-0.1, -0.05) is 23.5 Å². The van der Waals surface area contributed by atoms with Gasteiger partial charge in [0.25, 0.3) is 10.0 Å². The molecule has 1 aromatic carbocycles. The van der Waals surface area contributed by atoms with Crippen molar-refractivity contribution in [3.8, 4) is 0 Å². The standard InChI is InChI=1S/C13H12BrFN2O2S2/c1-8-12(14)20-13(16-8)21(18,19)17-6-5-10-9(7-17)3-2-4-11(10)15/h2-4H,5-7H2,1H3. The molecule has 1 aliphatic heterocycles. The highest BCUT2D eigenvalue weighted by molar-refractivity contribution is 9.11. The molecule has 112 valence electrons. The largest absolute Gasteiger partial charge is 0.270 e. The van der Waals surface area contributed by atoms with Crippen molar-refractivity contribution in [1.82, 2.24) is 9.29 Å². The Hall–Kier alpha value is -0.830. The maximum absolute atomic E-state index is 13.7. The average molecular weight is 391 g/mol. The molecule has 2 heterocycles. The van der Waals surface area contributed by atoms with Crippen LogP contribution >= 0.6 is 27.3 Å². The molecule has 0 unspecified atom stereocenters. The molecule has 0 atom stereocenters. The minimum absolute atomic E-state index is 0.0757. The Bertz CT molecular complexity index is 785. The van der Waals surface area contributed by atoms with E-state index in [2.05, 4.69) is 20.9 Å². The Kier molecular flexibility index (Phi) is 3.89. The third-order valence-electron chi connectivity index (χ3n) is 3.45. The summed E-state index contributed by atoms with van der Waals surface area (Å²) in [6, 6.07) is 4.78. The number of fused-ring (bicyclic) bond motifs is 1. The van der Waals surface area contributed by atoms with Gasteiger partial charge in [0, 0.05) is 13.1 Å². The number of aryl methyl sites for hydroxylation is 1. The van der Waals surface area contributed by atoms with Crippen LogP contribution in [0.4, 0.5) is 4.39 Å². The highest BCUT2D eigenvalue weighted by atomic mass is 79.9. The molecule has 0 saturated heterocycles. The van der Waals surface area contributed by atoms with E-state index in [-0.39, 0.29) is 23.2 Å². The third kappa shape index (κ3) is 2.65. The molecule has 0 amide bonds. The van der Waals surface area contributed by atoms with Gasteiger partial charge < -0.3 is 0 Å². The lowest BCUT2D eigenvalue weighted by molar-refractivity contribution is 0.385. The van der Waals surface area contributed by atoms with Crippen molar-refractivity contribution >= 4 is 37.3 Å². The molecule has 21 heavy (non-hydrogen) atoms. The number of nitrogens with zero attached hydrogens (tertiary/aromatic N) is 2. The van der Waals surface area contributed by atoms with E-state index in [0.717, 1.165) is 16.9 Å². The molecule has 1 aromatic heterocycles. The second-order valence-electron chi connectivity index (χ2n) is 4.80. The molecule has 0 saturated carbocycles. The van der Waals surface area contributed by atoms with E-state index < -0.39 is 10.0 Å². The lowest BCUT2D eigenvalue weighted by Gasteiger charge is -2.27. The Morgan fingerprint density at radius 2 is 2.19 bits per heavy atom. The molecule has 0 N–H and O–H groups in total. The third-order valence-corrected chi connectivity index (χ3v) is 7.66. The Balaban J connectivity index is 1.95. The number of halogens is 2. The van der Waals surface area contributed by atoms with Gasteiger partial charge in [-0.2, -0.15) is 4.31 Å². The zero-order valence-electron chi connectivity index (χ0n) is 11.1. The van der Waals surface area contributed by atoms with E-state index >= 15 is 0 Å².